The molecular formula is C32H37N3O8. The number of fused-ring (bicyclic) bond motifs is 1. The van der Waals surface area contributed by atoms with Crippen LogP contribution in [0.2, 0.25) is 0 Å². The van der Waals surface area contributed by atoms with Crippen LogP contribution >= 0.6 is 0 Å². The monoisotopic (exact) mass is 591 g/mol. The molecule has 0 aliphatic carbocycles. The van der Waals surface area contributed by atoms with Crippen LogP contribution in [-0.2, 0) is 9.59 Å². The molecule has 2 atom stereocenters. The Morgan fingerprint density at radius 2 is 1.67 bits per heavy atom. The largest absolute Gasteiger partial charge is 0.494 e. The fourth-order valence-corrected chi connectivity index (χ4v) is 4.69. The maximum Gasteiger partial charge on any atom is 0.244 e. The second-order valence-corrected chi connectivity index (χ2v) is 10.9. The van der Waals surface area contributed by atoms with E-state index < -0.39 is 35.6 Å². The molecule has 11 heteroatoms. The van der Waals surface area contributed by atoms with E-state index in [0.29, 0.717) is 22.8 Å². The van der Waals surface area contributed by atoms with E-state index in [9.17, 15) is 24.6 Å². The van der Waals surface area contributed by atoms with Crippen molar-refractivity contribution in [3.8, 4) is 29.0 Å². The minimum atomic E-state index is -0.989. The van der Waals surface area contributed by atoms with Crippen LogP contribution in [-0.4, -0.2) is 51.7 Å². The first-order valence-electron chi connectivity index (χ1n) is 14.0. The van der Waals surface area contributed by atoms with Gasteiger partial charge in [0.2, 0.25) is 24.5 Å². The van der Waals surface area contributed by atoms with Gasteiger partial charge in [-0.05, 0) is 68.2 Å². The highest BCUT2D eigenvalue weighted by atomic mass is 16.7. The summed E-state index contributed by atoms with van der Waals surface area (Å²) in [6.07, 6.45) is 2.79. The predicted molar refractivity (Wildman–Crippen MR) is 159 cm³/mol. The van der Waals surface area contributed by atoms with Gasteiger partial charge in [-0.3, -0.25) is 19.4 Å². The normalized spacial score (nSPS) is 13.7. The summed E-state index contributed by atoms with van der Waals surface area (Å²) in [5.74, 6) is -0.725. The van der Waals surface area contributed by atoms with Gasteiger partial charge in [-0.25, -0.2) is 0 Å². The number of aromatic nitrogens is 1. The summed E-state index contributed by atoms with van der Waals surface area (Å²) >= 11 is 0. The van der Waals surface area contributed by atoms with Gasteiger partial charge in [-0.1, -0.05) is 32.0 Å². The maximum absolute atomic E-state index is 13.3. The molecule has 2 heterocycles. The quantitative estimate of drug-likeness (QED) is 0.152. The van der Waals surface area contributed by atoms with E-state index in [4.69, 9.17) is 14.2 Å². The second-order valence-electron chi connectivity index (χ2n) is 10.9. The molecule has 1 unspecified atom stereocenters. The van der Waals surface area contributed by atoms with Crippen molar-refractivity contribution in [3.05, 3.63) is 70.8 Å². The first-order chi connectivity index (χ1) is 20.4. The lowest BCUT2D eigenvalue weighted by atomic mass is 9.93. The summed E-state index contributed by atoms with van der Waals surface area (Å²) in [6, 6.07) is 10.7. The van der Waals surface area contributed by atoms with Gasteiger partial charge in [0, 0.05) is 11.6 Å². The first kappa shape index (κ1) is 31.0. The molecule has 4 rings (SSSR count). The number of aromatic hydroxyl groups is 2. The van der Waals surface area contributed by atoms with Gasteiger partial charge in [0.05, 0.1) is 30.2 Å². The number of amides is 2. The standard InChI is InChI=1S/C32H37N3O8/c1-17(2)29(30(38)28-19(5)31(39)35-32(28)40)34-27(37)15-23(21-8-10-22(11-9-21)43-18(3)4)33-26(36)13-7-20-6-12-24-25(14-20)42-16-41-24/h6-14,17-18,23,29,35,39-40H,15-16H2,1-5H3,(H,33,36)(H,34,37)/t23?,29-/m0/s1. The molecule has 11 nitrogen and oxygen atoms in total. The molecule has 43 heavy (non-hydrogen) atoms. The Hall–Kier alpha value is -4.93. The van der Waals surface area contributed by atoms with Crippen molar-refractivity contribution < 1.29 is 38.8 Å². The molecule has 1 aliphatic rings. The van der Waals surface area contributed by atoms with Crippen molar-refractivity contribution in [1.82, 2.24) is 15.6 Å². The van der Waals surface area contributed by atoms with Gasteiger partial charge in [0.1, 0.15) is 5.75 Å². The molecule has 2 amide bonds. The number of carbonyl (C=O) groups is 3. The van der Waals surface area contributed by atoms with Crippen LogP contribution in [0.25, 0.3) is 6.08 Å². The third kappa shape index (κ3) is 7.68. The molecule has 0 spiro atoms. The Kier molecular flexibility index (Phi) is 9.64. The number of ketones is 1. The van der Waals surface area contributed by atoms with Crippen molar-refractivity contribution in [2.45, 2.75) is 59.2 Å². The van der Waals surface area contributed by atoms with Crippen LogP contribution in [0.1, 0.15) is 67.2 Å². The second kappa shape index (κ2) is 13.4. The average Bonchev–Trinajstić information content (AvgIpc) is 3.52. The summed E-state index contributed by atoms with van der Waals surface area (Å²) in [5, 5.41) is 25.7. The molecule has 0 fully saturated rings. The Balaban J connectivity index is 1.52. The highest BCUT2D eigenvalue weighted by Gasteiger charge is 2.31. The van der Waals surface area contributed by atoms with E-state index >= 15 is 0 Å². The zero-order valence-corrected chi connectivity index (χ0v) is 24.8. The van der Waals surface area contributed by atoms with Crippen LogP contribution in [0, 0.1) is 12.8 Å². The van der Waals surface area contributed by atoms with E-state index in [1.807, 2.05) is 13.8 Å². The number of rotatable bonds is 12. The highest BCUT2D eigenvalue weighted by molar-refractivity contribution is 6.05. The van der Waals surface area contributed by atoms with Gasteiger partial charge in [0.25, 0.3) is 0 Å². The number of Topliss-reactive ketones (excluding diaryl/α,β-unsaturated/α-hetero) is 1. The zero-order chi connectivity index (χ0) is 31.3. The zero-order valence-electron chi connectivity index (χ0n) is 24.8. The predicted octanol–water partition coefficient (Wildman–Crippen LogP) is 4.53. The van der Waals surface area contributed by atoms with E-state index in [-0.39, 0.29) is 42.2 Å². The Morgan fingerprint density at radius 3 is 2.30 bits per heavy atom. The number of H-pyrrole nitrogens is 1. The Bertz CT molecular complexity index is 1510. The van der Waals surface area contributed by atoms with Gasteiger partial charge in [-0.2, -0.15) is 0 Å². The lowest BCUT2D eigenvalue weighted by Gasteiger charge is -2.24. The van der Waals surface area contributed by atoms with Crippen LogP contribution < -0.4 is 24.8 Å². The summed E-state index contributed by atoms with van der Waals surface area (Å²) in [5.41, 5.74) is 1.49. The number of aromatic amines is 1. The minimum Gasteiger partial charge on any atom is -0.494 e. The van der Waals surface area contributed by atoms with Gasteiger partial charge < -0.3 is 35.1 Å². The van der Waals surface area contributed by atoms with Gasteiger partial charge in [0.15, 0.2) is 23.2 Å². The number of hydrogen-bond acceptors (Lipinski definition) is 8. The summed E-state index contributed by atoms with van der Waals surface area (Å²) < 4.78 is 16.4. The smallest absolute Gasteiger partial charge is 0.244 e. The van der Waals surface area contributed by atoms with E-state index in [1.165, 1.54) is 13.0 Å². The Labute approximate surface area is 249 Å². The molecule has 1 aliphatic heterocycles. The number of benzene rings is 2. The van der Waals surface area contributed by atoms with Gasteiger partial charge in [-0.15, -0.1) is 0 Å². The molecule has 3 aromatic rings. The minimum absolute atomic E-state index is 0.0241. The SMILES string of the molecule is Cc1c(O)[nH]c(O)c1C(=O)[C@@H](NC(=O)CC(NC(=O)C=Cc1ccc2c(c1)OCO2)c1ccc(OC(C)C)cc1)C(C)C. The van der Waals surface area contributed by atoms with Crippen molar-refractivity contribution in [1.29, 1.82) is 0 Å². The lowest BCUT2D eigenvalue weighted by Crippen LogP contribution is -2.45. The molecule has 0 saturated heterocycles. The topological polar surface area (TPSA) is 159 Å². The number of ether oxygens (including phenoxy) is 3. The molecule has 0 radical (unpaired) electrons. The lowest BCUT2D eigenvalue weighted by molar-refractivity contribution is -0.123. The van der Waals surface area contributed by atoms with Gasteiger partial charge >= 0.3 is 0 Å². The summed E-state index contributed by atoms with van der Waals surface area (Å²) in [7, 11) is 0. The highest BCUT2D eigenvalue weighted by Crippen LogP contribution is 2.33. The van der Waals surface area contributed by atoms with E-state index in [1.54, 1.807) is 62.4 Å². The van der Waals surface area contributed by atoms with Crippen molar-refractivity contribution in [2.24, 2.45) is 5.92 Å². The van der Waals surface area contributed by atoms with E-state index in [2.05, 4.69) is 15.6 Å². The van der Waals surface area contributed by atoms with Crippen LogP contribution in [0.4, 0.5) is 0 Å². The van der Waals surface area contributed by atoms with Crippen molar-refractivity contribution in [3.63, 3.8) is 0 Å². The average molecular weight is 592 g/mol. The molecule has 1 aromatic heterocycles. The number of nitrogens with one attached hydrogen (secondary N) is 3. The van der Waals surface area contributed by atoms with Crippen LogP contribution in [0.5, 0.6) is 29.0 Å². The molecule has 5 N–H and O–H groups in total. The number of carbonyl (C=O) groups excluding carboxylic acids is 3. The molecule has 228 valence electrons. The third-order valence-electron chi connectivity index (χ3n) is 6.90. The fourth-order valence-electron chi connectivity index (χ4n) is 4.69. The molecular weight excluding hydrogens is 554 g/mol. The third-order valence-corrected chi connectivity index (χ3v) is 6.90. The molecule has 0 saturated carbocycles. The first-order valence-corrected chi connectivity index (χ1v) is 14.0. The van der Waals surface area contributed by atoms with Crippen molar-refractivity contribution >= 4 is 23.7 Å². The Morgan fingerprint density at radius 1 is 0.977 bits per heavy atom. The fraction of sp³-hybridized carbons (Fsp3) is 0.344. The van der Waals surface area contributed by atoms with E-state index in [0.717, 1.165) is 5.56 Å². The number of hydrogen-bond donors (Lipinski definition) is 5. The molecule has 2 aromatic carbocycles. The maximum atomic E-state index is 13.3. The van der Waals surface area contributed by atoms with Crippen LogP contribution in [0.15, 0.2) is 48.5 Å². The summed E-state index contributed by atoms with van der Waals surface area (Å²) in [4.78, 5) is 42.0. The molecule has 0 bridgehead atoms. The summed E-state index contributed by atoms with van der Waals surface area (Å²) in [6.45, 7) is 8.98. The van der Waals surface area contributed by atoms with Crippen molar-refractivity contribution in [2.75, 3.05) is 6.79 Å². The van der Waals surface area contributed by atoms with Crippen LogP contribution in [0.3, 0.4) is 0 Å².